The normalized spacial score (nSPS) is 12.0. The number of benzene rings is 2. The molecule has 4 rings (SSSR count). The predicted octanol–water partition coefficient (Wildman–Crippen LogP) is 2.93. The minimum absolute atomic E-state index is 0.00400. The molecule has 0 spiro atoms. The number of non-ortho nitro benzene ring substituents is 1. The Bertz CT molecular complexity index is 1250. The molecule has 2 aromatic carbocycles. The van der Waals surface area contributed by atoms with Gasteiger partial charge >= 0.3 is 0 Å². The average molecular weight is 385 g/mol. The van der Waals surface area contributed by atoms with Crippen LogP contribution in [-0.2, 0) is 0 Å². The van der Waals surface area contributed by atoms with Gasteiger partial charge in [0.25, 0.3) is 11.2 Å². The topological polar surface area (TPSA) is 90.4 Å². The molecule has 128 valence electrons. The maximum Gasteiger partial charge on any atom is 0.276 e. The molecule has 0 radical (unpaired) electrons. The van der Waals surface area contributed by atoms with Gasteiger partial charge in [-0.2, -0.15) is 0 Å². The molecule has 0 N–H and O–H groups in total. The molecule has 0 aliphatic rings. The smallest absolute Gasteiger partial charge is 0.267 e. The largest absolute Gasteiger partial charge is 0.276 e. The molecule has 26 heavy (non-hydrogen) atoms. The van der Waals surface area contributed by atoms with Gasteiger partial charge in [-0.1, -0.05) is 35.1 Å². The second-order valence-electron chi connectivity index (χ2n) is 5.39. The van der Waals surface area contributed by atoms with Crippen LogP contribution in [-0.4, -0.2) is 19.5 Å². The molecule has 9 heteroatoms. The van der Waals surface area contributed by atoms with Crippen molar-refractivity contribution >= 4 is 39.7 Å². The van der Waals surface area contributed by atoms with Crippen molar-refractivity contribution in [2.45, 2.75) is 0 Å². The van der Waals surface area contributed by atoms with Crippen LogP contribution in [0.1, 0.15) is 5.56 Å². The highest BCUT2D eigenvalue weighted by Crippen LogP contribution is 2.25. The van der Waals surface area contributed by atoms with Gasteiger partial charge in [-0.25, -0.2) is 4.40 Å². The van der Waals surface area contributed by atoms with Crippen LogP contribution in [0.2, 0.25) is 5.02 Å². The van der Waals surface area contributed by atoms with E-state index in [1.807, 2.05) is 6.07 Å². The molecule has 0 atom stereocenters. The van der Waals surface area contributed by atoms with E-state index in [1.165, 1.54) is 27.9 Å². The molecule has 7 nitrogen and oxygen atoms in total. The number of aromatic nitrogens is 3. The van der Waals surface area contributed by atoms with E-state index in [9.17, 15) is 14.9 Å². The molecule has 0 amide bonds. The van der Waals surface area contributed by atoms with E-state index < -0.39 is 4.92 Å². The molecule has 0 saturated heterocycles. The van der Waals surface area contributed by atoms with Crippen molar-refractivity contribution in [2.24, 2.45) is 0 Å². The van der Waals surface area contributed by atoms with Crippen molar-refractivity contribution in [3.8, 4) is 11.4 Å². The fourth-order valence-corrected chi connectivity index (χ4v) is 3.66. The minimum Gasteiger partial charge on any atom is -0.267 e. The Labute approximate surface area is 155 Å². The average Bonchev–Trinajstić information content (AvgIpc) is 3.17. The fraction of sp³-hybridized carbons (Fsp3) is 0. The lowest BCUT2D eigenvalue weighted by Crippen LogP contribution is -2.23. The Morgan fingerprint density at radius 1 is 1.12 bits per heavy atom. The van der Waals surface area contributed by atoms with E-state index in [0.29, 0.717) is 31.5 Å². The zero-order valence-corrected chi connectivity index (χ0v) is 14.6. The van der Waals surface area contributed by atoms with Gasteiger partial charge in [-0.05, 0) is 35.9 Å². The van der Waals surface area contributed by atoms with Gasteiger partial charge in [0, 0.05) is 17.7 Å². The van der Waals surface area contributed by atoms with E-state index in [-0.39, 0.29) is 11.2 Å². The van der Waals surface area contributed by atoms with E-state index in [2.05, 4.69) is 10.2 Å². The van der Waals surface area contributed by atoms with Gasteiger partial charge in [-0.3, -0.25) is 14.9 Å². The molecule has 0 aliphatic carbocycles. The lowest BCUT2D eigenvalue weighted by atomic mass is 10.2. The summed E-state index contributed by atoms with van der Waals surface area (Å²) in [6.45, 7) is 0. The summed E-state index contributed by atoms with van der Waals surface area (Å²) < 4.78 is 1.88. The summed E-state index contributed by atoms with van der Waals surface area (Å²) in [5, 5.41) is 19.3. The van der Waals surface area contributed by atoms with Crippen molar-refractivity contribution in [1.29, 1.82) is 0 Å². The van der Waals surface area contributed by atoms with Crippen LogP contribution in [0.4, 0.5) is 5.69 Å². The highest BCUT2D eigenvalue weighted by Gasteiger charge is 2.16. The number of fused-ring (bicyclic) bond motifs is 1. The standard InChI is InChI=1S/C17H9ClN4O3S/c18-13-4-2-1-3-12(13)15-19-20-17-21(15)16(23)14(26-17)9-10-5-7-11(8-6-10)22(24)25/h1-9H/b14-9+. The Morgan fingerprint density at radius 3 is 2.54 bits per heavy atom. The van der Waals surface area contributed by atoms with Gasteiger partial charge in [0.2, 0.25) is 4.96 Å². The summed E-state index contributed by atoms with van der Waals surface area (Å²) in [4.78, 5) is 23.5. The second-order valence-corrected chi connectivity index (χ2v) is 6.80. The molecular formula is C17H9ClN4O3S. The van der Waals surface area contributed by atoms with E-state index >= 15 is 0 Å². The van der Waals surface area contributed by atoms with Crippen LogP contribution in [0, 0.1) is 10.1 Å². The summed E-state index contributed by atoms with van der Waals surface area (Å²) in [5.74, 6) is 0.384. The fourth-order valence-electron chi connectivity index (χ4n) is 2.52. The zero-order valence-electron chi connectivity index (χ0n) is 13.0. The molecule has 0 aliphatic heterocycles. The van der Waals surface area contributed by atoms with Crippen LogP contribution in [0.3, 0.4) is 0 Å². The van der Waals surface area contributed by atoms with Crippen LogP contribution in [0.15, 0.2) is 53.3 Å². The number of nitro groups is 1. The molecular weight excluding hydrogens is 376 g/mol. The van der Waals surface area contributed by atoms with Crippen LogP contribution >= 0.6 is 22.9 Å². The highest BCUT2D eigenvalue weighted by atomic mass is 35.5. The quantitative estimate of drug-likeness (QED) is 0.400. The summed E-state index contributed by atoms with van der Waals surface area (Å²) in [6, 6.07) is 13.1. The maximum absolute atomic E-state index is 12.8. The summed E-state index contributed by atoms with van der Waals surface area (Å²) in [5.41, 5.74) is 1.04. The Hall–Kier alpha value is -3.10. The Balaban J connectivity index is 1.86. The maximum atomic E-state index is 12.8. The first kappa shape index (κ1) is 16.4. The summed E-state index contributed by atoms with van der Waals surface area (Å²) in [7, 11) is 0. The van der Waals surface area contributed by atoms with Gasteiger partial charge in [0.15, 0.2) is 5.82 Å². The number of hydrogen-bond donors (Lipinski definition) is 0. The lowest BCUT2D eigenvalue weighted by molar-refractivity contribution is -0.384. The Morgan fingerprint density at radius 2 is 1.85 bits per heavy atom. The molecule has 4 aromatic rings. The highest BCUT2D eigenvalue weighted by molar-refractivity contribution is 7.15. The van der Waals surface area contributed by atoms with Crippen molar-refractivity contribution in [2.75, 3.05) is 0 Å². The zero-order chi connectivity index (χ0) is 18.3. The third-order valence-electron chi connectivity index (χ3n) is 3.76. The van der Waals surface area contributed by atoms with Crippen LogP contribution in [0.25, 0.3) is 22.4 Å². The number of thiazole rings is 1. The first-order valence-corrected chi connectivity index (χ1v) is 8.63. The molecule has 0 bridgehead atoms. The first-order chi connectivity index (χ1) is 12.5. The van der Waals surface area contributed by atoms with Gasteiger partial charge in [-0.15, -0.1) is 10.2 Å². The third-order valence-corrected chi connectivity index (χ3v) is 5.05. The third kappa shape index (κ3) is 2.75. The van der Waals surface area contributed by atoms with Gasteiger partial charge in [0.05, 0.1) is 14.5 Å². The number of nitro benzene ring substituents is 1. The molecule has 2 aromatic heterocycles. The second kappa shape index (κ2) is 6.32. The molecule has 0 saturated carbocycles. The number of halogens is 1. The first-order valence-electron chi connectivity index (χ1n) is 7.43. The minimum atomic E-state index is -0.469. The predicted molar refractivity (Wildman–Crippen MR) is 99.5 cm³/mol. The molecule has 2 heterocycles. The van der Waals surface area contributed by atoms with Crippen molar-refractivity contribution < 1.29 is 4.92 Å². The molecule has 0 fully saturated rings. The SMILES string of the molecule is O=c1/c(=C\c2ccc([N+](=O)[O-])cc2)sc2nnc(-c3ccccc3Cl)n12. The van der Waals surface area contributed by atoms with Crippen molar-refractivity contribution in [3.05, 3.63) is 84.1 Å². The number of rotatable bonds is 3. The number of nitrogens with zero attached hydrogens (tertiary/aromatic N) is 4. The monoisotopic (exact) mass is 384 g/mol. The van der Waals surface area contributed by atoms with Gasteiger partial charge < -0.3 is 0 Å². The van der Waals surface area contributed by atoms with Crippen molar-refractivity contribution in [1.82, 2.24) is 14.6 Å². The lowest BCUT2D eigenvalue weighted by Gasteiger charge is -1.99. The summed E-state index contributed by atoms with van der Waals surface area (Å²) in [6.07, 6.45) is 1.67. The Kier molecular flexibility index (Phi) is 3.98. The number of hydrogen-bond acceptors (Lipinski definition) is 6. The van der Waals surface area contributed by atoms with E-state index in [0.717, 1.165) is 0 Å². The van der Waals surface area contributed by atoms with Crippen LogP contribution < -0.4 is 10.1 Å². The van der Waals surface area contributed by atoms with Crippen molar-refractivity contribution in [3.63, 3.8) is 0 Å². The van der Waals surface area contributed by atoms with E-state index in [1.54, 1.807) is 36.4 Å². The molecule has 0 unspecified atom stereocenters. The van der Waals surface area contributed by atoms with Crippen LogP contribution in [0.5, 0.6) is 0 Å². The summed E-state index contributed by atoms with van der Waals surface area (Å²) >= 11 is 7.40. The van der Waals surface area contributed by atoms with Gasteiger partial charge in [0.1, 0.15) is 0 Å². The van der Waals surface area contributed by atoms with E-state index in [4.69, 9.17) is 11.6 Å².